The molecule has 68 valence electrons. The van der Waals surface area contributed by atoms with Crippen LogP contribution in [0.1, 0.15) is 13.3 Å². The molecule has 0 N–H and O–H groups in total. The average Bonchev–Trinajstić information content (AvgIpc) is 2.49. The molecule has 0 radical (unpaired) electrons. The molecule has 0 unspecified atom stereocenters. The molecule has 1 aromatic heterocycles. The molecule has 0 aliphatic carbocycles. The Morgan fingerprint density at radius 2 is 2.15 bits per heavy atom. The van der Waals surface area contributed by atoms with Crippen molar-refractivity contribution in [1.82, 2.24) is 4.57 Å². The summed E-state index contributed by atoms with van der Waals surface area (Å²) in [7, 11) is 0. The number of fused-ring (bicyclic) bond motifs is 1. The molecule has 1 aromatic carbocycles. The summed E-state index contributed by atoms with van der Waals surface area (Å²) in [4.78, 5) is 0. The smallest absolute Gasteiger partial charge is 0.0481 e. The monoisotopic (exact) mass is 193 g/mol. The van der Waals surface area contributed by atoms with E-state index in [1.54, 1.807) is 0 Å². The maximum absolute atomic E-state index is 5.90. The van der Waals surface area contributed by atoms with Gasteiger partial charge in [0.1, 0.15) is 0 Å². The summed E-state index contributed by atoms with van der Waals surface area (Å²) in [6.45, 7) is 3.26. The van der Waals surface area contributed by atoms with E-state index in [-0.39, 0.29) is 0 Å². The van der Waals surface area contributed by atoms with E-state index < -0.39 is 0 Å². The number of benzene rings is 1. The summed E-state index contributed by atoms with van der Waals surface area (Å²) in [5, 5.41) is 2.03. The molecule has 0 amide bonds. The fourth-order valence-electron chi connectivity index (χ4n) is 1.61. The first-order valence-electron chi connectivity index (χ1n) is 4.55. The lowest BCUT2D eigenvalue weighted by Gasteiger charge is -2.01. The van der Waals surface area contributed by atoms with Gasteiger partial charge in [-0.1, -0.05) is 18.5 Å². The predicted octanol–water partition coefficient (Wildman–Crippen LogP) is 3.70. The fraction of sp³-hybridized carbons (Fsp3) is 0.273. The third-order valence-electron chi connectivity index (χ3n) is 2.20. The number of aryl methyl sites for hydroxylation is 1. The number of nitrogens with zero attached hydrogens (tertiary/aromatic N) is 1. The highest BCUT2D eigenvalue weighted by atomic mass is 35.5. The van der Waals surface area contributed by atoms with Gasteiger partial charge in [0.2, 0.25) is 0 Å². The molecule has 2 rings (SSSR count). The van der Waals surface area contributed by atoms with Crippen LogP contribution in [0.3, 0.4) is 0 Å². The molecule has 1 nitrogen and oxygen atoms in total. The maximum Gasteiger partial charge on any atom is 0.0481 e. The van der Waals surface area contributed by atoms with Crippen LogP contribution in [0.4, 0.5) is 0 Å². The molecule has 0 fully saturated rings. The van der Waals surface area contributed by atoms with Gasteiger partial charge >= 0.3 is 0 Å². The summed E-state index contributed by atoms with van der Waals surface area (Å²) in [6.07, 6.45) is 3.27. The van der Waals surface area contributed by atoms with Gasteiger partial charge in [-0.25, -0.2) is 0 Å². The van der Waals surface area contributed by atoms with E-state index in [4.69, 9.17) is 11.6 Å². The number of rotatable bonds is 2. The Hall–Kier alpha value is -0.950. The van der Waals surface area contributed by atoms with Gasteiger partial charge in [0.15, 0.2) is 0 Å². The van der Waals surface area contributed by atoms with Crippen molar-refractivity contribution in [2.45, 2.75) is 19.9 Å². The van der Waals surface area contributed by atoms with Crippen molar-refractivity contribution in [3.05, 3.63) is 35.5 Å². The second kappa shape index (κ2) is 3.43. The molecular weight excluding hydrogens is 182 g/mol. The van der Waals surface area contributed by atoms with Gasteiger partial charge in [0.05, 0.1) is 0 Å². The molecule has 0 spiro atoms. The molecule has 0 atom stereocenters. The van der Waals surface area contributed by atoms with E-state index in [1.807, 2.05) is 12.1 Å². The van der Waals surface area contributed by atoms with Crippen LogP contribution >= 0.6 is 11.6 Å². The van der Waals surface area contributed by atoms with Gasteiger partial charge in [-0.05, 0) is 30.7 Å². The third kappa shape index (κ3) is 1.56. The van der Waals surface area contributed by atoms with Gasteiger partial charge in [0.25, 0.3) is 0 Å². The van der Waals surface area contributed by atoms with Crippen LogP contribution in [0.15, 0.2) is 30.5 Å². The van der Waals surface area contributed by atoms with Crippen LogP contribution in [0.5, 0.6) is 0 Å². The first-order valence-corrected chi connectivity index (χ1v) is 4.93. The van der Waals surface area contributed by atoms with Gasteiger partial charge < -0.3 is 4.57 Å². The van der Waals surface area contributed by atoms with E-state index >= 15 is 0 Å². The summed E-state index contributed by atoms with van der Waals surface area (Å²) in [5.41, 5.74) is 1.27. The van der Waals surface area contributed by atoms with Gasteiger partial charge in [-0.15, -0.1) is 0 Å². The zero-order valence-corrected chi connectivity index (χ0v) is 8.38. The second-order valence-corrected chi connectivity index (χ2v) is 3.65. The van der Waals surface area contributed by atoms with E-state index in [9.17, 15) is 0 Å². The van der Waals surface area contributed by atoms with Crippen LogP contribution in [0, 0.1) is 0 Å². The van der Waals surface area contributed by atoms with Gasteiger partial charge in [0, 0.05) is 28.7 Å². The zero-order valence-electron chi connectivity index (χ0n) is 7.63. The summed E-state index contributed by atoms with van der Waals surface area (Å²) >= 11 is 5.90. The standard InChI is InChI=1S/C11H12ClN/c1-2-6-13-7-5-9-8-10(12)3-4-11(9)13/h3-5,7-8H,2,6H2,1H3. The van der Waals surface area contributed by atoms with Gasteiger partial charge in [-0.3, -0.25) is 0 Å². The highest BCUT2D eigenvalue weighted by molar-refractivity contribution is 6.31. The lowest BCUT2D eigenvalue weighted by molar-refractivity contribution is 0.703. The van der Waals surface area contributed by atoms with E-state index in [1.165, 1.54) is 10.9 Å². The Labute approximate surface area is 82.9 Å². The van der Waals surface area contributed by atoms with Crippen LogP contribution in [-0.2, 0) is 6.54 Å². The van der Waals surface area contributed by atoms with E-state index in [0.29, 0.717) is 0 Å². The summed E-state index contributed by atoms with van der Waals surface area (Å²) < 4.78 is 2.26. The SMILES string of the molecule is CCCn1ccc2cc(Cl)ccc21. The molecule has 1 heterocycles. The van der Waals surface area contributed by atoms with Crippen molar-refractivity contribution in [1.29, 1.82) is 0 Å². The molecule has 0 bridgehead atoms. The minimum absolute atomic E-state index is 0.807. The number of hydrogen-bond acceptors (Lipinski definition) is 0. The molecule has 2 heteroatoms. The van der Waals surface area contributed by atoms with Crippen molar-refractivity contribution in [2.24, 2.45) is 0 Å². The predicted molar refractivity (Wildman–Crippen MR) is 57.2 cm³/mol. The lowest BCUT2D eigenvalue weighted by Crippen LogP contribution is -1.92. The highest BCUT2D eigenvalue weighted by Gasteiger charge is 1.99. The highest BCUT2D eigenvalue weighted by Crippen LogP contribution is 2.20. The Morgan fingerprint density at radius 3 is 2.92 bits per heavy atom. The lowest BCUT2D eigenvalue weighted by atomic mass is 10.2. The van der Waals surface area contributed by atoms with Crippen molar-refractivity contribution >= 4 is 22.5 Å². The third-order valence-corrected chi connectivity index (χ3v) is 2.43. The summed E-state index contributed by atoms with van der Waals surface area (Å²) in [6, 6.07) is 8.13. The van der Waals surface area contributed by atoms with Crippen LogP contribution in [0.25, 0.3) is 10.9 Å². The quantitative estimate of drug-likeness (QED) is 0.686. The molecule has 0 aliphatic rings. The maximum atomic E-state index is 5.90. The van der Waals surface area contributed by atoms with Crippen LogP contribution < -0.4 is 0 Å². The molecule has 2 aromatic rings. The molecule has 0 saturated carbocycles. The van der Waals surface area contributed by atoms with E-state index in [0.717, 1.165) is 18.0 Å². The molecule has 0 saturated heterocycles. The first-order chi connectivity index (χ1) is 6.31. The number of hydrogen-bond donors (Lipinski definition) is 0. The first kappa shape index (κ1) is 8.64. The second-order valence-electron chi connectivity index (χ2n) is 3.21. The van der Waals surface area contributed by atoms with Gasteiger partial charge in [-0.2, -0.15) is 0 Å². The minimum Gasteiger partial charge on any atom is -0.347 e. The number of halogens is 1. The van der Waals surface area contributed by atoms with Crippen LogP contribution in [-0.4, -0.2) is 4.57 Å². The zero-order chi connectivity index (χ0) is 9.26. The Kier molecular flexibility index (Phi) is 2.28. The fourth-order valence-corrected chi connectivity index (χ4v) is 1.79. The summed E-state index contributed by atoms with van der Waals surface area (Å²) in [5.74, 6) is 0. The molecular formula is C11H12ClN. The topological polar surface area (TPSA) is 4.93 Å². The van der Waals surface area contributed by atoms with Crippen molar-refractivity contribution < 1.29 is 0 Å². The minimum atomic E-state index is 0.807. The average molecular weight is 194 g/mol. The Bertz CT molecular complexity index is 417. The van der Waals surface area contributed by atoms with Crippen molar-refractivity contribution in [3.8, 4) is 0 Å². The Balaban J connectivity index is 2.55. The van der Waals surface area contributed by atoms with Crippen LogP contribution in [0.2, 0.25) is 5.02 Å². The largest absolute Gasteiger partial charge is 0.347 e. The molecule has 13 heavy (non-hydrogen) atoms. The number of aromatic nitrogens is 1. The van der Waals surface area contributed by atoms with Crippen molar-refractivity contribution in [2.75, 3.05) is 0 Å². The Morgan fingerprint density at radius 1 is 1.31 bits per heavy atom. The van der Waals surface area contributed by atoms with E-state index in [2.05, 4.69) is 29.8 Å². The normalized spacial score (nSPS) is 10.9. The molecule has 0 aliphatic heterocycles. The van der Waals surface area contributed by atoms with Crippen molar-refractivity contribution in [3.63, 3.8) is 0 Å².